The van der Waals surface area contributed by atoms with Gasteiger partial charge >= 0.3 is 0 Å². The van der Waals surface area contributed by atoms with Crippen molar-refractivity contribution in [1.29, 1.82) is 0 Å². The van der Waals surface area contributed by atoms with E-state index >= 15 is 0 Å². The maximum absolute atomic E-state index is 5.91. The molecule has 3 rings (SSSR count). The van der Waals surface area contributed by atoms with Gasteiger partial charge in [-0.25, -0.2) is 0 Å². The van der Waals surface area contributed by atoms with Gasteiger partial charge in [-0.15, -0.1) is 24.0 Å². The zero-order chi connectivity index (χ0) is 16.6. The molecule has 3 unspecified atom stereocenters. The minimum atomic E-state index is 0. The first-order valence-electron chi connectivity index (χ1n) is 9.49. The molecule has 140 valence electrons. The summed E-state index contributed by atoms with van der Waals surface area (Å²) in [4.78, 5) is 6.91. The second-order valence-electron chi connectivity index (χ2n) is 8.74. The first kappa shape index (κ1) is 20.3. The third-order valence-electron chi connectivity index (χ3n) is 6.63. The number of ether oxygens (including phenoxy) is 1. The number of guanidine groups is 1. The van der Waals surface area contributed by atoms with Crippen LogP contribution in [-0.2, 0) is 4.74 Å². The Hall–Kier alpha value is -0.0400. The molecule has 3 fully saturated rings. The highest BCUT2D eigenvalue weighted by atomic mass is 127. The lowest BCUT2D eigenvalue weighted by atomic mass is 9.57. The summed E-state index contributed by atoms with van der Waals surface area (Å²) in [7, 11) is 4.11. The number of nitrogens with zero attached hydrogens (tertiary/aromatic N) is 2. The molecule has 5 heteroatoms. The minimum Gasteiger partial charge on any atom is -0.377 e. The predicted octanol–water partition coefficient (Wildman–Crippen LogP) is 3.75. The van der Waals surface area contributed by atoms with Crippen LogP contribution in [-0.4, -0.2) is 50.3 Å². The summed E-state index contributed by atoms with van der Waals surface area (Å²) >= 11 is 0. The molecule has 24 heavy (non-hydrogen) atoms. The van der Waals surface area contributed by atoms with Gasteiger partial charge in [-0.2, -0.15) is 0 Å². The van der Waals surface area contributed by atoms with Crippen LogP contribution in [0.15, 0.2) is 4.99 Å². The smallest absolute Gasteiger partial charge is 0.193 e. The van der Waals surface area contributed by atoms with E-state index in [4.69, 9.17) is 4.74 Å². The van der Waals surface area contributed by atoms with E-state index < -0.39 is 0 Å². The molecule has 2 aliphatic carbocycles. The molecule has 0 spiro atoms. The zero-order valence-electron chi connectivity index (χ0n) is 16.0. The SMILES string of the molecule is CN=C(NC1C2CCOC2C1(C)C)N(C)CC1CCC(C)CC1.I. The van der Waals surface area contributed by atoms with Crippen molar-refractivity contribution in [2.45, 2.75) is 65.0 Å². The normalized spacial score (nSPS) is 37.9. The second-order valence-corrected chi connectivity index (χ2v) is 8.74. The molecule has 0 aromatic heterocycles. The third kappa shape index (κ3) is 3.87. The number of halogens is 1. The van der Waals surface area contributed by atoms with E-state index in [0.29, 0.717) is 18.1 Å². The summed E-state index contributed by atoms with van der Waals surface area (Å²) in [5, 5.41) is 3.76. The maximum Gasteiger partial charge on any atom is 0.193 e. The Morgan fingerprint density at radius 3 is 2.50 bits per heavy atom. The highest BCUT2D eigenvalue weighted by Crippen LogP contribution is 2.52. The van der Waals surface area contributed by atoms with Gasteiger partial charge < -0.3 is 15.0 Å². The van der Waals surface area contributed by atoms with E-state index in [1.54, 1.807) is 0 Å². The lowest BCUT2D eigenvalue weighted by Gasteiger charge is -2.55. The van der Waals surface area contributed by atoms with Crippen LogP contribution < -0.4 is 5.32 Å². The van der Waals surface area contributed by atoms with E-state index in [9.17, 15) is 0 Å². The van der Waals surface area contributed by atoms with Gasteiger partial charge in [0.05, 0.1) is 6.10 Å². The summed E-state index contributed by atoms with van der Waals surface area (Å²) < 4.78 is 5.91. The molecule has 2 saturated carbocycles. The molecule has 0 radical (unpaired) electrons. The van der Waals surface area contributed by atoms with Crippen molar-refractivity contribution in [2.24, 2.45) is 28.2 Å². The number of aliphatic imine (C=N–C) groups is 1. The lowest BCUT2D eigenvalue weighted by Crippen LogP contribution is -2.68. The summed E-state index contributed by atoms with van der Waals surface area (Å²) in [5.74, 6) is 3.47. The third-order valence-corrected chi connectivity index (χ3v) is 6.63. The van der Waals surface area contributed by atoms with Gasteiger partial charge in [0.25, 0.3) is 0 Å². The Balaban J connectivity index is 0.00000208. The van der Waals surface area contributed by atoms with Gasteiger partial charge in [0, 0.05) is 44.6 Å². The summed E-state index contributed by atoms with van der Waals surface area (Å²) in [6.45, 7) is 9.09. The van der Waals surface area contributed by atoms with Crippen molar-refractivity contribution in [1.82, 2.24) is 10.2 Å². The fraction of sp³-hybridized carbons (Fsp3) is 0.947. The van der Waals surface area contributed by atoms with Gasteiger partial charge in [-0.3, -0.25) is 4.99 Å². The van der Waals surface area contributed by atoms with Crippen LogP contribution in [0.5, 0.6) is 0 Å². The van der Waals surface area contributed by atoms with E-state index in [0.717, 1.165) is 30.9 Å². The lowest BCUT2D eigenvalue weighted by molar-refractivity contribution is -0.107. The van der Waals surface area contributed by atoms with Gasteiger partial charge in [-0.05, 0) is 31.1 Å². The number of hydrogen-bond acceptors (Lipinski definition) is 2. The first-order chi connectivity index (χ1) is 10.9. The minimum absolute atomic E-state index is 0. The van der Waals surface area contributed by atoms with Crippen LogP contribution in [0.1, 0.15) is 52.9 Å². The molecule has 0 amide bonds. The molecule has 3 atom stereocenters. The van der Waals surface area contributed by atoms with Gasteiger partial charge in [0.1, 0.15) is 0 Å². The molecule has 3 aliphatic rings. The Morgan fingerprint density at radius 1 is 1.21 bits per heavy atom. The molecule has 1 N–H and O–H groups in total. The molecule has 1 saturated heterocycles. The maximum atomic E-state index is 5.91. The van der Waals surface area contributed by atoms with E-state index in [2.05, 4.69) is 43.0 Å². The standard InChI is InChI=1S/C19H35N3O.HI/c1-13-6-8-14(9-7-13)12-22(5)18(20-4)21-16-15-10-11-23-17(15)19(16,2)3;/h13-17H,6-12H2,1-5H3,(H,20,21);1H. The average molecular weight is 449 g/mol. The monoisotopic (exact) mass is 449 g/mol. The highest BCUT2D eigenvalue weighted by Gasteiger charge is 2.59. The molecular weight excluding hydrogens is 413 g/mol. The van der Waals surface area contributed by atoms with Crippen molar-refractivity contribution >= 4 is 29.9 Å². The molecule has 0 bridgehead atoms. The molecule has 4 nitrogen and oxygen atoms in total. The Bertz CT molecular complexity index is 446. The van der Waals surface area contributed by atoms with Crippen molar-refractivity contribution in [3.05, 3.63) is 0 Å². The van der Waals surface area contributed by atoms with Gasteiger partial charge in [0.2, 0.25) is 0 Å². The molecular formula is C19H36IN3O. The molecule has 0 aromatic carbocycles. The molecule has 0 aromatic rings. The van der Waals surface area contributed by atoms with Gasteiger partial charge in [0.15, 0.2) is 5.96 Å². The van der Waals surface area contributed by atoms with Crippen LogP contribution in [0.2, 0.25) is 0 Å². The average Bonchev–Trinajstić information content (AvgIpc) is 2.97. The zero-order valence-corrected chi connectivity index (χ0v) is 18.4. The fourth-order valence-electron chi connectivity index (χ4n) is 5.09. The Morgan fingerprint density at radius 2 is 1.88 bits per heavy atom. The number of hydrogen-bond donors (Lipinski definition) is 1. The molecule has 1 aliphatic heterocycles. The van der Waals surface area contributed by atoms with Crippen LogP contribution in [0.3, 0.4) is 0 Å². The first-order valence-corrected chi connectivity index (χ1v) is 9.49. The number of fused-ring (bicyclic) bond motifs is 1. The van der Waals surface area contributed by atoms with Crippen molar-refractivity contribution in [3.8, 4) is 0 Å². The second kappa shape index (κ2) is 8.11. The Labute approximate surface area is 165 Å². The van der Waals surface area contributed by atoms with Crippen molar-refractivity contribution in [3.63, 3.8) is 0 Å². The van der Waals surface area contributed by atoms with Crippen molar-refractivity contribution < 1.29 is 4.74 Å². The summed E-state index contributed by atoms with van der Waals surface area (Å²) in [6.07, 6.45) is 7.14. The quantitative estimate of drug-likeness (QED) is 0.405. The van der Waals surface area contributed by atoms with Crippen LogP contribution >= 0.6 is 24.0 Å². The fourth-order valence-corrected chi connectivity index (χ4v) is 5.09. The van der Waals surface area contributed by atoms with Crippen LogP contribution in [0, 0.1) is 23.2 Å². The van der Waals surface area contributed by atoms with Crippen LogP contribution in [0.25, 0.3) is 0 Å². The highest BCUT2D eigenvalue weighted by molar-refractivity contribution is 14.0. The number of nitrogens with one attached hydrogen (secondary N) is 1. The van der Waals surface area contributed by atoms with Gasteiger partial charge in [-0.1, -0.05) is 33.6 Å². The summed E-state index contributed by atoms with van der Waals surface area (Å²) in [5.41, 5.74) is 0.207. The topological polar surface area (TPSA) is 36.9 Å². The van der Waals surface area contributed by atoms with E-state index in [1.165, 1.54) is 32.1 Å². The Kier molecular flexibility index (Phi) is 6.85. The predicted molar refractivity (Wildman–Crippen MR) is 111 cm³/mol. The summed E-state index contributed by atoms with van der Waals surface area (Å²) in [6, 6.07) is 0.488. The molecule has 1 heterocycles. The van der Waals surface area contributed by atoms with Crippen molar-refractivity contribution in [2.75, 3.05) is 27.2 Å². The number of rotatable bonds is 3. The largest absolute Gasteiger partial charge is 0.377 e. The van der Waals surface area contributed by atoms with Crippen LogP contribution in [0.4, 0.5) is 0 Å². The van der Waals surface area contributed by atoms with E-state index in [1.807, 2.05) is 7.05 Å². The van der Waals surface area contributed by atoms with E-state index in [-0.39, 0.29) is 29.4 Å².